The standard InChI is InChI=1S/C13H22N2O2S2/c1-9-6-7-12(14)13(11(9)3)19(16,17)15(4)10(2)8-18-5/h6-7,10H,8,14H2,1-5H3. The zero-order valence-electron chi connectivity index (χ0n) is 12.1. The van der Waals surface area contributed by atoms with Gasteiger partial charge in [-0.2, -0.15) is 16.1 Å². The number of rotatable bonds is 5. The van der Waals surface area contributed by atoms with Gasteiger partial charge in [-0.1, -0.05) is 6.07 Å². The van der Waals surface area contributed by atoms with Crippen molar-refractivity contribution in [2.24, 2.45) is 0 Å². The number of hydrogen-bond donors (Lipinski definition) is 1. The molecule has 1 aromatic carbocycles. The van der Waals surface area contributed by atoms with E-state index in [0.29, 0.717) is 5.69 Å². The van der Waals surface area contributed by atoms with Gasteiger partial charge in [0.1, 0.15) is 4.90 Å². The summed E-state index contributed by atoms with van der Waals surface area (Å²) in [5.74, 6) is 0.750. The maximum atomic E-state index is 12.7. The van der Waals surface area contributed by atoms with E-state index in [9.17, 15) is 8.42 Å². The average molecular weight is 302 g/mol. The Balaban J connectivity index is 3.32. The fourth-order valence-corrected chi connectivity index (χ4v) is 4.43. The van der Waals surface area contributed by atoms with E-state index in [0.717, 1.165) is 16.9 Å². The van der Waals surface area contributed by atoms with Crippen LogP contribution in [0, 0.1) is 13.8 Å². The molecular weight excluding hydrogens is 280 g/mol. The highest BCUT2D eigenvalue weighted by Crippen LogP contribution is 2.28. The summed E-state index contributed by atoms with van der Waals surface area (Å²) in [5.41, 5.74) is 7.84. The number of sulfonamides is 1. The molecule has 2 N–H and O–H groups in total. The monoisotopic (exact) mass is 302 g/mol. The van der Waals surface area contributed by atoms with Gasteiger partial charge in [0, 0.05) is 18.8 Å². The highest BCUT2D eigenvalue weighted by atomic mass is 32.2. The molecule has 0 aliphatic rings. The van der Waals surface area contributed by atoms with E-state index in [-0.39, 0.29) is 10.9 Å². The Bertz CT molecular complexity index is 556. The zero-order chi connectivity index (χ0) is 14.8. The number of nitrogens with zero attached hydrogens (tertiary/aromatic N) is 1. The fourth-order valence-electron chi connectivity index (χ4n) is 1.88. The van der Waals surface area contributed by atoms with Crippen LogP contribution in [0.1, 0.15) is 18.1 Å². The lowest BCUT2D eigenvalue weighted by molar-refractivity contribution is 0.415. The van der Waals surface area contributed by atoms with Crippen LogP contribution in [0.2, 0.25) is 0 Å². The molecule has 0 saturated carbocycles. The van der Waals surface area contributed by atoms with Crippen molar-refractivity contribution in [3.63, 3.8) is 0 Å². The summed E-state index contributed by atoms with van der Waals surface area (Å²) in [5, 5.41) is 0. The first kappa shape index (κ1) is 16.3. The van der Waals surface area contributed by atoms with Crippen LogP contribution in [0.3, 0.4) is 0 Å². The molecule has 0 heterocycles. The first-order chi connectivity index (χ1) is 8.73. The number of hydrogen-bond acceptors (Lipinski definition) is 4. The van der Waals surface area contributed by atoms with Crippen molar-refractivity contribution in [1.82, 2.24) is 4.31 Å². The second kappa shape index (κ2) is 6.15. The van der Waals surface area contributed by atoms with Crippen molar-refractivity contribution in [2.45, 2.75) is 31.7 Å². The molecule has 108 valence electrons. The lowest BCUT2D eigenvalue weighted by atomic mass is 10.1. The molecule has 0 spiro atoms. The van der Waals surface area contributed by atoms with E-state index in [2.05, 4.69) is 0 Å². The predicted octanol–water partition coefficient (Wildman–Crippen LogP) is 2.26. The Hall–Kier alpha value is -0.720. The molecule has 0 saturated heterocycles. The molecule has 0 amide bonds. The molecular formula is C13H22N2O2S2. The summed E-state index contributed by atoms with van der Waals surface area (Å²) in [6.07, 6.45) is 1.96. The third kappa shape index (κ3) is 3.24. The van der Waals surface area contributed by atoms with Crippen LogP contribution in [0.25, 0.3) is 0 Å². The van der Waals surface area contributed by atoms with Gasteiger partial charge in [0.15, 0.2) is 0 Å². The van der Waals surface area contributed by atoms with E-state index in [1.807, 2.05) is 26.2 Å². The molecule has 0 bridgehead atoms. The van der Waals surface area contributed by atoms with Crippen molar-refractivity contribution in [3.05, 3.63) is 23.3 Å². The van der Waals surface area contributed by atoms with Gasteiger partial charge in [-0.3, -0.25) is 0 Å². The summed E-state index contributed by atoms with van der Waals surface area (Å²) in [6, 6.07) is 3.43. The normalized spacial score (nSPS) is 13.8. The first-order valence-electron chi connectivity index (χ1n) is 6.06. The van der Waals surface area contributed by atoms with Gasteiger partial charge in [-0.15, -0.1) is 0 Å². The lowest BCUT2D eigenvalue weighted by Gasteiger charge is -2.25. The maximum absolute atomic E-state index is 12.7. The third-order valence-corrected chi connectivity index (χ3v) is 6.36. The second-order valence-electron chi connectivity index (χ2n) is 4.75. The Labute approximate surface area is 120 Å². The predicted molar refractivity (Wildman–Crippen MR) is 83.1 cm³/mol. The quantitative estimate of drug-likeness (QED) is 0.847. The number of aryl methyl sites for hydroxylation is 1. The van der Waals surface area contributed by atoms with E-state index in [1.165, 1.54) is 4.31 Å². The van der Waals surface area contributed by atoms with Gasteiger partial charge in [0.25, 0.3) is 0 Å². The number of thioether (sulfide) groups is 1. The van der Waals surface area contributed by atoms with Gasteiger partial charge in [0.05, 0.1) is 5.69 Å². The van der Waals surface area contributed by atoms with Crippen LogP contribution in [-0.2, 0) is 10.0 Å². The van der Waals surface area contributed by atoms with Gasteiger partial charge in [-0.25, -0.2) is 8.42 Å². The average Bonchev–Trinajstić information content (AvgIpc) is 2.33. The highest BCUT2D eigenvalue weighted by Gasteiger charge is 2.29. The van der Waals surface area contributed by atoms with Crippen molar-refractivity contribution >= 4 is 27.5 Å². The summed E-state index contributed by atoms with van der Waals surface area (Å²) >= 11 is 1.62. The summed E-state index contributed by atoms with van der Waals surface area (Å²) < 4.78 is 26.8. The van der Waals surface area contributed by atoms with Crippen LogP contribution in [0.5, 0.6) is 0 Å². The van der Waals surface area contributed by atoms with Crippen LogP contribution in [-0.4, -0.2) is 37.8 Å². The van der Waals surface area contributed by atoms with E-state index in [1.54, 1.807) is 31.8 Å². The van der Waals surface area contributed by atoms with Crippen molar-refractivity contribution in [3.8, 4) is 0 Å². The molecule has 0 aliphatic heterocycles. The molecule has 0 fully saturated rings. The maximum Gasteiger partial charge on any atom is 0.245 e. The highest BCUT2D eigenvalue weighted by molar-refractivity contribution is 7.98. The van der Waals surface area contributed by atoms with Crippen LogP contribution >= 0.6 is 11.8 Å². The Morgan fingerprint density at radius 2 is 1.95 bits per heavy atom. The van der Waals surface area contributed by atoms with Crippen LogP contribution in [0.15, 0.2) is 17.0 Å². The molecule has 6 heteroatoms. The largest absolute Gasteiger partial charge is 0.398 e. The molecule has 19 heavy (non-hydrogen) atoms. The molecule has 0 radical (unpaired) electrons. The number of benzene rings is 1. The van der Waals surface area contributed by atoms with Crippen LogP contribution < -0.4 is 5.73 Å². The van der Waals surface area contributed by atoms with Gasteiger partial charge >= 0.3 is 0 Å². The Kier molecular flexibility index (Phi) is 5.29. The van der Waals surface area contributed by atoms with Gasteiger partial charge in [0.2, 0.25) is 10.0 Å². The SMILES string of the molecule is CSCC(C)N(C)S(=O)(=O)c1c(N)ccc(C)c1C. The molecule has 0 aliphatic carbocycles. The fraction of sp³-hybridized carbons (Fsp3) is 0.538. The van der Waals surface area contributed by atoms with Gasteiger partial charge < -0.3 is 5.73 Å². The molecule has 0 aromatic heterocycles. The number of nitrogens with two attached hydrogens (primary N) is 1. The third-order valence-electron chi connectivity index (χ3n) is 3.37. The van der Waals surface area contributed by atoms with E-state index < -0.39 is 10.0 Å². The summed E-state index contributed by atoms with van der Waals surface area (Å²) in [4.78, 5) is 0.239. The molecule has 1 rings (SSSR count). The molecule has 1 unspecified atom stereocenters. The van der Waals surface area contributed by atoms with Crippen LogP contribution in [0.4, 0.5) is 5.69 Å². The minimum absolute atomic E-state index is 0.0701. The first-order valence-corrected chi connectivity index (χ1v) is 8.89. The van der Waals surface area contributed by atoms with E-state index >= 15 is 0 Å². The topological polar surface area (TPSA) is 63.4 Å². The molecule has 4 nitrogen and oxygen atoms in total. The number of nitrogen functional groups attached to an aromatic ring is 1. The van der Waals surface area contributed by atoms with Gasteiger partial charge in [-0.05, 0) is 44.2 Å². The molecule has 1 atom stereocenters. The summed E-state index contributed by atoms with van der Waals surface area (Å²) in [7, 11) is -1.94. The zero-order valence-corrected chi connectivity index (χ0v) is 13.7. The molecule has 1 aromatic rings. The van der Waals surface area contributed by atoms with E-state index in [4.69, 9.17) is 5.73 Å². The second-order valence-corrected chi connectivity index (χ2v) is 7.60. The van der Waals surface area contributed by atoms with Crippen molar-refractivity contribution < 1.29 is 8.42 Å². The lowest BCUT2D eigenvalue weighted by Crippen LogP contribution is -2.37. The Morgan fingerprint density at radius 1 is 1.37 bits per heavy atom. The van der Waals surface area contributed by atoms with Crippen molar-refractivity contribution in [2.75, 3.05) is 24.8 Å². The minimum atomic E-state index is -3.55. The summed E-state index contributed by atoms with van der Waals surface area (Å²) in [6.45, 7) is 5.58. The smallest absolute Gasteiger partial charge is 0.245 e. The Morgan fingerprint density at radius 3 is 2.47 bits per heavy atom. The van der Waals surface area contributed by atoms with Crippen molar-refractivity contribution in [1.29, 1.82) is 0 Å². The minimum Gasteiger partial charge on any atom is -0.398 e. The number of anilines is 1.